The largest absolute Gasteiger partial charge is 0.368 e. The second-order valence-electron chi connectivity index (χ2n) is 7.65. The maximum Gasteiger partial charge on any atom is 0.253 e. The average Bonchev–Trinajstić information content (AvgIpc) is 3.42. The van der Waals surface area contributed by atoms with Crippen LogP contribution in [-0.2, 0) is 20.9 Å². The van der Waals surface area contributed by atoms with E-state index >= 15 is 0 Å². The monoisotopic (exact) mass is 543 g/mol. The number of carbonyl (C=O) groups is 2. The fourth-order valence-electron chi connectivity index (χ4n) is 3.68. The van der Waals surface area contributed by atoms with E-state index in [1.165, 1.54) is 0 Å². The van der Waals surface area contributed by atoms with E-state index in [1.807, 2.05) is 36.1 Å². The van der Waals surface area contributed by atoms with Crippen LogP contribution in [0.15, 0.2) is 29.3 Å². The van der Waals surface area contributed by atoms with Gasteiger partial charge in [-0.05, 0) is 50.3 Å². The number of halogens is 1. The fourth-order valence-corrected chi connectivity index (χ4v) is 3.68. The lowest BCUT2D eigenvalue weighted by Gasteiger charge is -2.16. The molecule has 1 atom stereocenters. The number of ether oxygens (including phenoxy) is 1. The van der Waals surface area contributed by atoms with Gasteiger partial charge in [-0.1, -0.05) is 12.1 Å². The number of nitrogens with one attached hydrogen (secondary N) is 3. The Bertz CT molecular complexity index is 752. The first-order chi connectivity index (χ1) is 14.7. The van der Waals surface area contributed by atoms with Gasteiger partial charge in [-0.25, -0.2) is 4.99 Å². The smallest absolute Gasteiger partial charge is 0.253 e. The highest BCUT2D eigenvalue weighted by Gasteiger charge is 2.23. The molecule has 0 bridgehead atoms. The van der Waals surface area contributed by atoms with Crippen molar-refractivity contribution >= 4 is 47.4 Å². The number of aliphatic imine (C=N–C) groups is 1. The maximum atomic E-state index is 12.2. The van der Waals surface area contributed by atoms with Crippen LogP contribution in [0.5, 0.6) is 0 Å². The first kappa shape index (κ1) is 25.4. The van der Waals surface area contributed by atoms with Gasteiger partial charge in [0.25, 0.3) is 5.91 Å². The van der Waals surface area contributed by atoms with Crippen LogP contribution < -0.4 is 16.0 Å². The Morgan fingerprint density at radius 1 is 1.29 bits per heavy atom. The summed E-state index contributed by atoms with van der Waals surface area (Å²) in [5.41, 5.74) is 1.77. The van der Waals surface area contributed by atoms with Gasteiger partial charge in [0.2, 0.25) is 5.91 Å². The van der Waals surface area contributed by atoms with E-state index in [-0.39, 0.29) is 41.9 Å². The Balaban J connectivity index is 0.00000341. The third-order valence-electron chi connectivity index (χ3n) is 5.25. The minimum absolute atomic E-state index is 0. The van der Waals surface area contributed by atoms with Crippen LogP contribution in [-0.4, -0.2) is 61.6 Å². The van der Waals surface area contributed by atoms with Crippen molar-refractivity contribution in [3.8, 4) is 0 Å². The number of carbonyl (C=O) groups excluding carboxylic acids is 2. The van der Waals surface area contributed by atoms with Crippen molar-refractivity contribution in [3.05, 3.63) is 29.8 Å². The van der Waals surface area contributed by atoms with Crippen molar-refractivity contribution in [3.63, 3.8) is 0 Å². The molecular weight excluding hydrogens is 509 g/mol. The number of amides is 2. The predicted octanol–water partition coefficient (Wildman–Crippen LogP) is 2.49. The van der Waals surface area contributed by atoms with Crippen molar-refractivity contribution in [1.29, 1.82) is 0 Å². The molecule has 3 rings (SSSR count). The number of guanidine groups is 1. The molecule has 1 aromatic rings. The molecule has 8 nitrogen and oxygen atoms in total. The van der Waals surface area contributed by atoms with Crippen LogP contribution in [0.25, 0.3) is 0 Å². The van der Waals surface area contributed by atoms with Gasteiger partial charge in [0.05, 0.1) is 6.54 Å². The number of likely N-dealkylation sites (tertiary alicyclic amines) is 1. The lowest BCUT2D eigenvalue weighted by Crippen LogP contribution is -2.39. The number of benzene rings is 1. The van der Waals surface area contributed by atoms with Gasteiger partial charge in [-0.15, -0.1) is 24.0 Å². The molecule has 0 spiro atoms. The van der Waals surface area contributed by atoms with E-state index in [0.29, 0.717) is 19.6 Å². The standard InChI is InChI=1S/C22H33N5O3.HI/c1-2-23-22(24-11-6-13-27-12-4-10-20(27)28)25-16-17-7-3-8-18(15-17)26-21(29)19-9-5-14-30-19;/h3,7-8,15,19H,2,4-6,9-14,16H2,1H3,(H,26,29)(H2,23,24,25);1H. The molecule has 1 unspecified atom stereocenters. The second kappa shape index (κ2) is 13.5. The van der Waals surface area contributed by atoms with Crippen molar-refractivity contribution in [2.45, 2.75) is 51.7 Å². The summed E-state index contributed by atoms with van der Waals surface area (Å²) in [7, 11) is 0. The van der Waals surface area contributed by atoms with Gasteiger partial charge in [0.1, 0.15) is 6.10 Å². The minimum atomic E-state index is -0.341. The van der Waals surface area contributed by atoms with Gasteiger partial charge in [0.15, 0.2) is 5.96 Å². The molecule has 2 aliphatic rings. The Morgan fingerprint density at radius 3 is 2.87 bits per heavy atom. The quantitative estimate of drug-likeness (QED) is 0.193. The van der Waals surface area contributed by atoms with Gasteiger partial charge in [-0.3, -0.25) is 9.59 Å². The lowest BCUT2D eigenvalue weighted by molar-refractivity contribution is -0.127. The normalized spacial score (nSPS) is 18.6. The summed E-state index contributed by atoms with van der Waals surface area (Å²) in [6.07, 6.45) is 3.92. The number of anilines is 1. The fraction of sp³-hybridized carbons (Fsp3) is 0.591. The molecule has 0 saturated carbocycles. The summed E-state index contributed by atoms with van der Waals surface area (Å²) in [5.74, 6) is 0.931. The highest BCUT2D eigenvalue weighted by molar-refractivity contribution is 14.0. The zero-order valence-electron chi connectivity index (χ0n) is 18.2. The molecule has 31 heavy (non-hydrogen) atoms. The summed E-state index contributed by atoms with van der Waals surface area (Å²) in [6.45, 7) is 6.39. The van der Waals surface area contributed by atoms with Crippen molar-refractivity contribution < 1.29 is 14.3 Å². The zero-order chi connectivity index (χ0) is 21.2. The van der Waals surface area contributed by atoms with Crippen LogP contribution in [0.1, 0.15) is 44.6 Å². The summed E-state index contributed by atoms with van der Waals surface area (Å²) in [5, 5.41) is 9.51. The number of nitrogens with zero attached hydrogens (tertiary/aromatic N) is 2. The van der Waals surface area contributed by atoms with Crippen LogP contribution in [0, 0.1) is 0 Å². The Morgan fingerprint density at radius 2 is 2.16 bits per heavy atom. The second-order valence-corrected chi connectivity index (χ2v) is 7.65. The average molecular weight is 543 g/mol. The predicted molar refractivity (Wildman–Crippen MR) is 133 cm³/mol. The van der Waals surface area contributed by atoms with Crippen LogP contribution >= 0.6 is 24.0 Å². The van der Waals surface area contributed by atoms with E-state index < -0.39 is 0 Å². The van der Waals surface area contributed by atoms with Crippen LogP contribution in [0.4, 0.5) is 5.69 Å². The molecule has 0 aromatic heterocycles. The molecule has 2 saturated heterocycles. The highest BCUT2D eigenvalue weighted by Crippen LogP contribution is 2.16. The third-order valence-corrected chi connectivity index (χ3v) is 5.25. The SMILES string of the molecule is CCNC(=NCc1cccc(NC(=O)C2CCCO2)c1)NCCCN1CCCC1=O.I. The Kier molecular flexibility index (Phi) is 11.1. The van der Waals surface area contributed by atoms with Gasteiger partial charge < -0.3 is 25.6 Å². The Hall–Kier alpha value is -1.88. The van der Waals surface area contributed by atoms with Crippen LogP contribution in [0.2, 0.25) is 0 Å². The first-order valence-electron chi connectivity index (χ1n) is 11.0. The molecule has 172 valence electrons. The molecule has 9 heteroatoms. The van der Waals surface area contributed by atoms with Gasteiger partial charge in [-0.2, -0.15) is 0 Å². The summed E-state index contributed by atoms with van der Waals surface area (Å²) < 4.78 is 5.44. The number of hydrogen-bond donors (Lipinski definition) is 3. The molecule has 2 amide bonds. The molecule has 3 N–H and O–H groups in total. The third kappa shape index (κ3) is 8.29. The van der Waals surface area contributed by atoms with Crippen molar-refractivity contribution in [2.75, 3.05) is 38.1 Å². The van der Waals surface area contributed by atoms with E-state index in [1.54, 1.807) is 0 Å². The topological polar surface area (TPSA) is 95.1 Å². The highest BCUT2D eigenvalue weighted by atomic mass is 127. The molecule has 2 heterocycles. The van der Waals surface area contributed by atoms with Gasteiger partial charge >= 0.3 is 0 Å². The molecule has 2 fully saturated rings. The van der Waals surface area contributed by atoms with E-state index in [9.17, 15) is 9.59 Å². The van der Waals surface area contributed by atoms with Crippen LogP contribution in [0.3, 0.4) is 0 Å². The van der Waals surface area contributed by atoms with Crippen molar-refractivity contribution in [1.82, 2.24) is 15.5 Å². The summed E-state index contributed by atoms with van der Waals surface area (Å²) >= 11 is 0. The molecule has 0 radical (unpaired) electrons. The maximum absolute atomic E-state index is 12.2. The minimum Gasteiger partial charge on any atom is -0.368 e. The number of rotatable bonds is 9. The van der Waals surface area contributed by atoms with E-state index in [4.69, 9.17) is 4.74 Å². The van der Waals surface area contributed by atoms with E-state index in [2.05, 4.69) is 20.9 Å². The molecule has 0 aliphatic carbocycles. The Labute approximate surface area is 201 Å². The number of hydrogen-bond acceptors (Lipinski definition) is 4. The van der Waals surface area contributed by atoms with E-state index in [0.717, 1.165) is 69.1 Å². The van der Waals surface area contributed by atoms with Crippen molar-refractivity contribution in [2.24, 2.45) is 4.99 Å². The zero-order valence-corrected chi connectivity index (χ0v) is 20.5. The lowest BCUT2D eigenvalue weighted by atomic mass is 10.2. The summed E-state index contributed by atoms with van der Waals surface area (Å²) in [6, 6.07) is 7.74. The molecule has 2 aliphatic heterocycles. The molecular formula is C22H34IN5O3. The molecule has 1 aromatic carbocycles. The first-order valence-corrected chi connectivity index (χ1v) is 11.0. The summed E-state index contributed by atoms with van der Waals surface area (Å²) in [4.78, 5) is 30.5. The van der Waals surface area contributed by atoms with Gasteiger partial charge in [0, 0.05) is 44.9 Å².